The maximum Gasteiger partial charge on any atom is 0.416 e. The van der Waals surface area contributed by atoms with Crippen LogP contribution in [-0.2, 0) is 14.3 Å². The van der Waals surface area contributed by atoms with E-state index in [0.717, 1.165) is 13.8 Å². The molecule has 6 nitrogen and oxygen atoms in total. The number of alkyl halides is 3. The highest BCUT2D eigenvalue weighted by Crippen LogP contribution is 2.32. The van der Waals surface area contributed by atoms with Gasteiger partial charge in [-0.1, -0.05) is 17.7 Å². The second kappa shape index (κ2) is 9.49. The molecule has 0 saturated carbocycles. The zero-order valence-electron chi connectivity index (χ0n) is 15.9. The lowest BCUT2D eigenvalue weighted by atomic mass is 10.1. The highest BCUT2D eigenvalue weighted by Gasteiger charge is 2.48. The zero-order chi connectivity index (χ0) is 21.7. The summed E-state index contributed by atoms with van der Waals surface area (Å²) < 4.78 is 48.2. The predicted molar refractivity (Wildman–Crippen MR) is 100 cm³/mol. The molecule has 2 N–H and O–H groups in total. The number of rotatable bonds is 8. The fourth-order valence-electron chi connectivity index (χ4n) is 2.42. The summed E-state index contributed by atoms with van der Waals surface area (Å²) in [5, 5.41) is 5.83. The monoisotopic (exact) mass is 434 g/mol. The minimum absolute atomic E-state index is 0.180. The average Bonchev–Trinajstić information content (AvgIpc) is 3.05. The summed E-state index contributed by atoms with van der Waals surface area (Å²) in [6, 6.07) is 6.33. The van der Waals surface area contributed by atoms with E-state index in [2.05, 4.69) is 15.4 Å². The van der Waals surface area contributed by atoms with Gasteiger partial charge in [-0.3, -0.25) is 9.59 Å². The van der Waals surface area contributed by atoms with E-state index >= 15 is 0 Å². The molecule has 0 bridgehead atoms. The van der Waals surface area contributed by atoms with Crippen LogP contribution in [0.5, 0.6) is 5.75 Å². The lowest BCUT2D eigenvalue weighted by Gasteiger charge is -2.27. The molecule has 0 aromatic heterocycles. The molecule has 160 valence electrons. The Kier molecular flexibility index (Phi) is 7.54. The number of nitrogens with one attached hydrogen (secondary N) is 2. The molecule has 0 aliphatic heterocycles. The van der Waals surface area contributed by atoms with Crippen molar-refractivity contribution in [2.45, 2.75) is 44.5 Å². The lowest BCUT2D eigenvalue weighted by Crippen LogP contribution is -2.44. The van der Waals surface area contributed by atoms with Crippen LogP contribution >= 0.6 is 11.6 Å². The summed E-state index contributed by atoms with van der Waals surface area (Å²) in [7, 11) is 0. The van der Waals surface area contributed by atoms with Gasteiger partial charge in [0.05, 0.1) is 0 Å². The van der Waals surface area contributed by atoms with Crippen LogP contribution in [0.15, 0.2) is 36.0 Å². The highest BCUT2D eigenvalue weighted by molar-refractivity contribution is 6.30. The number of hydrogen-bond donors (Lipinski definition) is 2. The Bertz CT molecular complexity index is 764. The Balaban J connectivity index is 1.69. The highest BCUT2D eigenvalue weighted by atomic mass is 35.5. The molecule has 0 spiro atoms. The molecule has 2 amide bonds. The van der Waals surface area contributed by atoms with Gasteiger partial charge in [0.15, 0.2) is 12.2 Å². The molecule has 1 aromatic rings. The molecule has 1 atom stereocenters. The molecule has 10 heteroatoms. The third-order valence-electron chi connectivity index (χ3n) is 4.21. The Morgan fingerprint density at radius 1 is 1.14 bits per heavy atom. The van der Waals surface area contributed by atoms with Crippen LogP contribution in [-0.4, -0.2) is 42.8 Å². The number of carbonyl (C=O) groups excluding carboxylic acids is 2. The molecular formula is C19H22ClF3N2O4. The molecule has 0 saturated heterocycles. The van der Waals surface area contributed by atoms with Gasteiger partial charge in [0.1, 0.15) is 12.4 Å². The first-order valence-electron chi connectivity index (χ1n) is 8.83. The van der Waals surface area contributed by atoms with Gasteiger partial charge in [-0.25, -0.2) is 0 Å². The Morgan fingerprint density at radius 2 is 1.79 bits per heavy atom. The third kappa shape index (κ3) is 7.25. The molecule has 29 heavy (non-hydrogen) atoms. The number of halogens is 4. The molecule has 0 fully saturated rings. The molecule has 1 aliphatic rings. The van der Waals surface area contributed by atoms with Crippen LogP contribution in [0, 0.1) is 0 Å². The number of ether oxygens (including phenoxy) is 2. The van der Waals surface area contributed by atoms with Crippen LogP contribution in [0.1, 0.15) is 26.7 Å². The maximum atomic E-state index is 12.7. The van der Waals surface area contributed by atoms with Gasteiger partial charge in [0.25, 0.3) is 5.91 Å². The van der Waals surface area contributed by atoms with Crippen molar-refractivity contribution < 1.29 is 32.2 Å². The Labute approximate surface area is 171 Å². The number of amides is 2. The Hall–Kier alpha value is -2.26. The Morgan fingerprint density at radius 3 is 2.41 bits per heavy atom. The van der Waals surface area contributed by atoms with Gasteiger partial charge in [0.2, 0.25) is 5.91 Å². The molecule has 0 radical (unpaired) electrons. The lowest BCUT2D eigenvalue weighted by molar-refractivity contribution is -0.261. The van der Waals surface area contributed by atoms with Crippen LogP contribution < -0.4 is 15.4 Å². The van der Waals surface area contributed by atoms with E-state index in [1.165, 1.54) is 0 Å². The summed E-state index contributed by atoms with van der Waals surface area (Å²) >= 11 is 5.77. The summed E-state index contributed by atoms with van der Waals surface area (Å²) in [6.07, 6.45) is -2.04. The van der Waals surface area contributed by atoms with E-state index in [4.69, 9.17) is 16.3 Å². The summed E-state index contributed by atoms with van der Waals surface area (Å²) in [6.45, 7) is 0.801. The summed E-state index contributed by atoms with van der Waals surface area (Å²) in [5.41, 5.74) is -1.90. The maximum absolute atomic E-state index is 12.7. The van der Waals surface area contributed by atoms with Crippen LogP contribution in [0.25, 0.3) is 0 Å². The minimum atomic E-state index is -4.58. The molecule has 1 aromatic carbocycles. The standard InChI is InChI=1S/C19H22ClF3N2O4/c1-18(2,19(21,22)23)29-11-17(27)25-14-6-5-13(9-14)24-16(26)10-28-15-7-3-12(20)4-8-15/h3-4,6-8,13H,5,9-11H2,1-2H3,(H,24,26)(H,25,27)/t13-/m1/s1. The van der Waals surface area contributed by atoms with Crippen LogP contribution in [0.2, 0.25) is 5.02 Å². The van der Waals surface area contributed by atoms with E-state index in [9.17, 15) is 22.8 Å². The number of benzene rings is 1. The van der Waals surface area contributed by atoms with Gasteiger partial charge in [-0.15, -0.1) is 0 Å². The largest absolute Gasteiger partial charge is 0.484 e. The minimum Gasteiger partial charge on any atom is -0.484 e. The first-order valence-corrected chi connectivity index (χ1v) is 9.21. The van der Waals surface area contributed by atoms with Crippen molar-refractivity contribution in [1.82, 2.24) is 10.6 Å². The van der Waals surface area contributed by atoms with E-state index in [0.29, 0.717) is 29.3 Å². The molecule has 0 heterocycles. The van der Waals surface area contributed by atoms with Crippen molar-refractivity contribution in [1.29, 1.82) is 0 Å². The van der Waals surface area contributed by atoms with Crippen LogP contribution in [0.4, 0.5) is 13.2 Å². The first-order chi connectivity index (χ1) is 13.5. The molecule has 2 rings (SSSR count). The normalized spacial score (nSPS) is 16.9. The van der Waals surface area contributed by atoms with Crippen molar-refractivity contribution in [3.05, 3.63) is 41.1 Å². The molecule has 1 aliphatic carbocycles. The average molecular weight is 435 g/mol. The van der Waals surface area contributed by atoms with Crippen molar-refractivity contribution in [3.8, 4) is 5.75 Å². The smallest absolute Gasteiger partial charge is 0.416 e. The first kappa shape index (κ1) is 23.0. The van der Waals surface area contributed by atoms with Gasteiger partial charge in [-0.2, -0.15) is 13.2 Å². The summed E-state index contributed by atoms with van der Waals surface area (Å²) in [5.74, 6) is -0.517. The van der Waals surface area contributed by atoms with Gasteiger partial charge >= 0.3 is 6.18 Å². The molecular weight excluding hydrogens is 413 g/mol. The fourth-order valence-corrected chi connectivity index (χ4v) is 2.55. The fraction of sp³-hybridized carbons (Fsp3) is 0.474. The van der Waals surface area contributed by atoms with Gasteiger partial charge < -0.3 is 20.1 Å². The topological polar surface area (TPSA) is 76.7 Å². The zero-order valence-corrected chi connectivity index (χ0v) is 16.7. The number of hydrogen-bond acceptors (Lipinski definition) is 4. The van der Waals surface area contributed by atoms with Gasteiger partial charge in [0, 0.05) is 23.2 Å². The number of carbonyl (C=O) groups is 2. The van der Waals surface area contributed by atoms with E-state index in [-0.39, 0.29) is 18.6 Å². The summed E-state index contributed by atoms with van der Waals surface area (Å²) in [4.78, 5) is 23.8. The van der Waals surface area contributed by atoms with Crippen molar-refractivity contribution in [2.24, 2.45) is 0 Å². The molecule has 0 unspecified atom stereocenters. The van der Waals surface area contributed by atoms with E-state index < -0.39 is 24.3 Å². The van der Waals surface area contributed by atoms with E-state index in [1.807, 2.05) is 0 Å². The second-order valence-corrected chi connectivity index (χ2v) is 7.46. The van der Waals surface area contributed by atoms with Gasteiger partial charge in [-0.05, 0) is 44.5 Å². The predicted octanol–water partition coefficient (Wildman–Crippen LogP) is 3.36. The quantitative estimate of drug-likeness (QED) is 0.658. The second-order valence-electron chi connectivity index (χ2n) is 7.02. The van der Waals surface area contributed by atoms with E-state index in [1.54, 1.807) is 30.3 Å². The van der Waals surface area contributed by atoms with Crippen molar-refractivity contribution in [2.75, 3.05) is 13.2 Å². The van der Waals surface area contributed by atoms with Crippen molar-refractivity contribution in [3.63, 3.8) is 0 Å². The van der Waals surface area contributed by atoms with Crippen molar-refractivity contribution >= 4 is 23.4 Å². The third-order valence-corrected chi connectivity index (χ3v) is 4.46. The SMILES string of the molecule is CC(C)(OCC(=O)NC1=CC[C@@H](NC(=O)COc2ccc(Cl)cc2)C1)C(F)(F)F. The van der Waals surface area contributed by atoms with Crippen LogP contribution in [0.3, 0.4) is 0 Å².